The van der Waals surface area contributed by atoms with Crippen LogP contribution in [0.3, 0.4) is 0 Å². The van der Waals surface area contributed by atoms with Crippen molar-refractivity contribution >= 4 is 26.7 Å². The average Bonchev–Trinajstić information content (AvgIpc) is 2.84. The summed E-state index contributed by atoms with van der Waals surface area (Å²) in [6.45, 7) is 2.17. The predicted molar refractivity (Wildman–Crippen MR) is 69.1 cm³/mol. The number of likely N-dealkylation sites (tertiary alicyclic amines) is 1. The van der Waals surface area contributed by atoms with Crippen LogP contribution in [0.4, 0.5) is 9.52 Å². The van der Waals surface area contributed by atoms with Crippen molar-refractivity contribution in [2.45, 2.75) is 12.5 Å². The summed E-state index contributed by atoms with van der Waals surface area (Å²) in [6.07, 6.45) is 1.14. The van der Waals surface area contributed by atoms with Gasteiger partial charge in [0, 0.05) is 12.6 Å². The average molecular weight is 251 g/mol. The number of halogens is 1. The highest BCUT2D eigenvalue weighted by molar-refractivity contribution is 7.22. The van der Waals surface area contributed by atoms with E-state index >= 15 is 0 Å². The molecule has 0 aliphatic carbocycles. The lowest BCUT2D eigenvalue weighted by Gasteiger charge is -2.10. The number of likely N-dealkylation sites (N-methyl/N-ethyl adjacent to an activating group) is 1. The number of nitrogens with one attached hydrogen (secondary N) is 1. The Morgan fingerprint density at radius 1 is 1.53 bits per heavy atom. The van der Waals surface area contributed by atoms with Crippen LogP contribution in [0.5, 0.6) is 0 Å². The van der Waals surface area contributed by atoms with Gasteiger partial charge in [0.1, 0.15) is 5.82 Å². The Morgan fingerprint density at radius 3 is 3.18 bits per heavy atom. The van der Waals surface area contributed by atoms with Gasteiger partial charge >= 0.3 is 0 Å². The number of fused-ring (bicyclic) bond motifs is 1. The van der Waals surface area contributed by atoms with E-state index in [1.807, 2.05) is 0 Å². The molecular formula is C12H14FN3S. The third-order valence-electron chi connectivity index (χ3n) is 3.07. The van der Waals surface area contributed by atoms with Gasteiger partial charge in [-0.3, -0.25) is 0 Å². The molecule has 1 atom stereocenters. The standard InChI is InChI=1S/C12H14FN3S/c1-16-5-4-9(7-16)14-12-15-10-3-2-8(13)6-11(10)17-12/h2-3,6,9H,4-5,7H2,1H3,(H,14,15). The lowest BCUT2D eigenvalue weighted by atomic mass is 10.3. The molecule has 1 unspecified atom stereocenters. The first-order chi connectivity index (χ1) is 8.20. The molecule has 17 heavy (non-hydrogen) atoms. The van der Waals surface area contributed by atoms with Gasteiger partial charge in [-0.1, -0.05) is 11.3 Å². The second-order valence-electron chi connectivity index (χ2n) is 4.52. The second-order valence-corrected chi connectivity index (χ2v) is 5.55. The quantitative estimate of drug-likeness (QED) is 0.889. The third-order valence-corrected chi connectivity index (χ3v) is 4.02. The first kappa shape index (κ1) is 10.9. The lowest BCUT2D eigenvalue weighted by molar-refractivity contribution is 0.414. The summed E-state index contributed by atoms with van der Waals surface area (Å²) in [5.41, 5.74) is 0.866. The van der Waals surface area contributed by atoms with E-state index < -0.39 is 0 Å². The molecule has 0 saturated carbocycles. The Balaban J connectivity index is 1.81. The highest BCUT2D eigenvalue weighted by Crippen LogP contribution is 2.27. The van der Waals surface area contributed by atoms with E-state index in [1.165, 1.54) is 17.4 Å². The number of aromatic nitrogens is 1. The molecule has 0 radical (unpaired) electrons. The van der Waals surface area contributed by atoms with Crippen molar-refractivity contribution in [3.05, 3.63) is 24.0 Å². The number of thiazole rings is 1. The summed E-state index contributed by atoms with van der Waals surface area (Å²) in [5.74, 6) is -0.201. The first-order valence-electron chi connectivity index (χ1n) is 5.72. The summed E-state index contributed by atoms with van der Waals surface area (Å²) >= 11 is 1.52. The van der Waals surface area contributed by atoms with Crippen molar-refractivity contribution in [3.8, 4) is 0 Å². The molecular weight excluding hydrogens is 237 g/mol. The van der Waals surface area contributed by atoms with E-state index in [9.17, 15) is 4.39 Å². The summed E-state index contributed by atoms with van der Waals surface area (Å²) in [4.78, 5) is 6.76. The van der Waals surface area contributed by atoms with Gasteiger partial charge in [0.2, 0.25) is 0 Å². The van der Waals surface area contributed by atoms with Crippen molar-refractivity contribution in [1.82, 2.24) is 9.88 Å². The molecule has 1 fully saturated rings. The molecule has 2 aromatic rings. The van der Waals surface area contributed by atoms with Gasteiger partial charge in [-0.2, -0.15) is 0 Å². The second kappa shape index (κ2) is 4.23. The van der Waals surface area contributed by atoms with E-state index in [-0.39, 0.29) is 5.82 Å². The number of hydrogen-bond acceptors (Lipinski definition) is 4. The van der Waals surface area contributed by atoms with E-state index in [2.05, 4.69) is 22.2 Å². The fraction of sp³-hybridized carbons (Fsp3) is 0.417. The van der Waals surface area contributed by atoms with Crippen molar-refractivity contribution in [2.75, 3.05) is 25.5 Å². The molecule has 0 bridgehead atoms. The molecule has 1 aromatic carbocycles. The molecule has 90 valence electrons. The lowest BCUT2D eigenvalue weighted by Crippen LogP contribution is -2.23. The normalized spacial score (nSPS) is 21.2. The highest BCUT2D eigenvalue weighted by Gasteiger charge is 2.20. The van der Waals surface area contributed by atoms with Crippen molar-refractivity contribution in [1.29, 1.82) is 0 Å². The van der Waals surface area contributed by atoms with Crippen LogP contribution in [-0.4, -0.2) is 36.1 Å². The zero-order valence-electron chi connectivity index (χ0n) is 9.61. The highest BCUT2D eigenvalue weighted by atomic mass is 32.1. The van der Waals surface area contributed by atoms with E-state index in [0.29, 0.717) is 6.04 Å². The van der Waals surface area contributed by atoms with Crippen LogP contribution in [-0.2, 0) is 0 Å². The minimum absolute atomic E-state index is 0.201. The number of hydrogen-bond donors (Lipinski definition) is 1. The molecule has 3 nitrogen and oxygen atoms in total. The Hall–Kier alpha value is -1.20. The molecule has 1 aliphatic rings. The zero-order chi connectivity index (χ0) is 11.8. The first-order valence-corrected chi connectivity index (χ1v) is 6.53. The summed E-state index contributed by atoms with van der Waals surface area (Å²) in [6, 6.07) is 5.19. The minimum atomic E-state index is -0.201. The van der Waals surface area contributed by atoms with Gasteiger partial charge in [-0.15, -0.1) is 0 Å². The number of benzene rings is 1. The Labute approximate surface area is 103 Å². The smallest absolute Gasteiger partial charge is 0.184 e. The molecule has 1 N–H and O–H groups in total. The van der Waals surface area contributed by atoms with Crippen molar-refractivity contribution < 1.29 is 4.39 Å². The summed E-state index contributed by atoms with van der Waals surface area (Å²) < 4.78 is 14.0. The van der Waals surface area contributed by atoms with E-state index in [1.54, 1.807) is 12.1 Å². The van der Waals surface area contributed by atoms with Crippen LogP contribution in [0.2, 0.25) is 0 Å². The topological polar surface area (TPSA) is 28.2 Å². The number of nitrogens with zero attached hydrogens (tertiary/aromatic N) is 2. The Morgan fingerprint density at radius 2 is 2.41 bits per heavy atom. The SMILES string of the molecule is CN1CCC(Nc2nc3ccc(F)cc3s2)C1. The van der Waals surface area contributed by atoms with Crippen LogP contribution in [0.1, 0.15) is 6.42 Å². The van der Waals surface area contributed by atoms with Crippen LogP contribution in [0.25, 0.3) is 10.2 Å². The zero-order valence-corrected chi connectivity index (χ0v) is 10.4. The van der Waals surface area contributed by atoms with Crippen LogP contribution in [0.15, 0.2) is 18.2 Å². The summed E-state index contributed by atoms with van der Waals surface area (Å²) in [5, 5.41) is 4.32. The maximum Gasteiger partial charge on any atom is 0.184 e. The molecule has 0 spiro atoms. The van der Waals surface area contributed by atoms with E-state index in [4.69, 9.17) is 0 Å². The van der Waals surface area contributed by atoms with Crippen LogP contribution in [0, 0.1) is 5.82 Å². The molecule has 3 rings (SSSR count). The van der Waals surface area contributed by atoms with Gasteiger partial charge in [0.15, 0.2) is 5.13 Å². The van der Waals surface area contributed by atoms with Crippen molar-refractivity contribution in [2.24, 2.45) is 0 Å². The van der Waals surface area contributed by atoms with Crippen molar-refractivity contribution in [3.63, 3.8) is 0 Å². The Bertz CT molecular complexity index is 540. The Kier molecular flexibility index (Phi) is 2.72. The van der Waals surface area contributed by atoms with Gasteiger partial charge < -0.3 is 10.2 Å². The maximum absolute atomic E-state index is 13.1. The molecule has 1 saturated heterocycles. The predicted octanol–water partition coefficient (Wildman–Crippen LogP) is 2.55. The third kappa shape index (κ3) is 2.25. The maximum atomic E-state index is 13.1. The summed E-state index contributed by atoms with van der Waals surface area (Å²) in [7, 11) is 2.12. The largest absolute Gasteiger partial charge is 0.357 e. The number of anilines is 1. The van der Waals surface area contributed by atoms with Crippen LogP contribution >= 0.6 is 11.3 Å². The van der Waals surface area contributed by atoms with Gasteiger partial charge in [-0.05, 0) is 38.2 Å². The molecule has 0 amide bonds. The molecule has 1 aromatic heterocycles. The molecule has 1 aliphatic heterocycles. The molecule has 5 heteroatoms. The van der Waals surface area contributed by atoms with E-state index in [0.717, 1.165) is 34.9 Å². The fourth-order valence-corrected chi connectivity index (χ4v) is 3.16. The number of rotatable bonds is 2. The molecule has 2 heterocycles. The monoisotopic (exact) mass is 251 g/mol. The van der Waals surface area contributed by atoms with Crippen LogP contribution < -0.4 is 5.32 Å². The minimum Gasteiger partial charge on any atom is -0.357 e. The van der Waals surface area contributed by atoms with Gasteiger partial charge in [0.05, 0.1) is 10.2 Å². The van der Waals surface area contributed by atoms with Gasteiger partial charge in [0.25, 0.3) is 0 Å². The fourth-order valence-electron chi connectivity index (χ4n) is 2.19. The van der Waals surface area contributed by atoms with Gasteiger partial charge in [-0.25, -0.2) is 9.37 Å².